The van der Waals surface area contributed by atoms with Crippen molar-refractivity contribution in [2.75, 3.05) is 5.75 Å². The van der Waals surface area contributed by atoms with Gasteiger partial charge in [-0.05, 0) is 51.7 Å². The molecule has 0 atom stereocenters. The number of rotatable bonds is 2. The first kappa shape index (κ1) is 12.4. The Labute approximate surface area is 115 Å². The second-order valence-corrected chi connectivity index (χ2v) is 7.84. The fourth-order valence-electron chi connectivity index (χ4n) is 1.12. The summed E-state index contributed by atoms with van der Waals surface area (Å²) in [5.74, 6) is 0.941. The van der Waals surface area contributed by atoms with E-state index in [-0.39, 0.29) is 5.12 Å². The molecule has 1 aromatic rings. The number of hydrogen-bond donors (Lipinski definition) is 0. The molecular formula is C10H8BrNOS3. The summed E-state index contributed by atoms with van der Waals surface area (Å²) in [6, 6.07) is 3.94. The third-order valence-electron chi connectivity index (χ3n) is 1.74. The molecule has 84 valence electrons. The van der Waals surface area contributed by atoms with Crippen LogP contribution in [0.4, 0.5) is 0 Å². The van der Waals surface area contributed by atoms with E-state index in [2.05, 4.69) is 27.8 Å². The second-order valence-electron chi connectivity index (χ2n) is 2.87. The van der Waals surface area contributed by atoms with E-state index in [9.17, 15) is 4.79 Å². The molecule has 1 aliphatic heterocycles. The number of nitrogens with zero attached hydrogens (tertiary/aromatic N) is 1. The van der Waals surface area contributed by atoms with Gasteiger partial charge >= 0.3 is 0 Å². The summed E-state index contributed by atoms with van der Waals surface area (Å²) in [7, 11) is 0. The third-order valence-corrected chi connectivity index (χ3v) is 5.20. The van der Waals surface area contributed by atoms with Gasteiger partial charge in [-0.3, -0.25) is 4.79 Å². The van der Waals surface area contributed by atoms with E-state index in [0.717, 1.165) is 18.8 Å². The molecule has 0 unspecified atom stereocenters. The molecule has 0 aromatic carbocycles. The fraction of sp³-hybridized carbons (Fsp3) is 0.200. The van der Waals surface area contributed by atoms with E-state index in [1.807, 2.05) is 18.2 Å². The number of aliphatic imine (C=N–C) groups is 1. The monoisotopic (exact) mass is 333 g/mol. The van der Waals surface area contributed by atoms with E-state index in [4.69, 9.17) is 0 Å². The molecule has 0 N–H and O–H groups in total. The standard InChI is InChI=1S/C10H8BrNOS3/c1-2-14-10-12-7(9(13)16-10)5-6-3-4-8(11)15-6/h3-5H,2H2,1H3. The topological polar surface area (TPSA) is 29.4 Å². The van der Waals surface area contributed by atoms with Crippen LogP contribution in [-0.2, 0) is 4.79 Å². The Balaban J connectivity index is 2.21. The molecule has 0 saturated heterocycles. The lowest BCUT2D eigenvalue weighted by Gasteiger charge is -1.89. The van der Waals surface area contributed by atoms with Gasteiger partial charge in [0, 0.05) is 4.88 Å². The van der Waals surface area contributed by atoms with Gasteiger partial charge in [0.25, 0.3) is 0 Å². The van der Waals surface area contributed by atoms with Gasteiger partial charge in [0.2, 0.25) is 5.12 Å². The molecular weight excluding hydrogens is 326 g/mol. The van der Waals surface area contributed by atoms with Gasteiger partial charge in [0.1, 0.15) is 10.1 Å². The molecule has 0 spiro atoms. The lowest BCUT2D eigenvalue weighted by atomic mass is 10.4. The lowest BCUT2D eigenvalue weighted by Crippen LogP contribution is -1.87. The Kier molecular flexibility index (Phi) is 4.29. The minimum Gasteiger partial charge on any atom is -0.279 e. The quantitative estimate of drug-likeness (QED) is 0.758. The van der Waals surface area contributed by atoms with Gasteiger partial charge in [0.15, 0.2) is 0 Å². The zero-order valence-electron chi connectivity index (χ0n) is 8.40. The molecule has 0 saturated carbocycles. The number of halogens is 1. The molecule has 6 heteroatoms. The highest BCUT2D eigenvalue weighted by atomic mass is 79.9. The van der Waals surface area contributed by atoms with Crippen molar-refractivity contribution in [3.05, 3.63) is 26.5 Å². The summed E-state index contributed by atoms with van der Waals surface area (Å²) in [6.07, 6.45) is 1.84. The molecule has 0 radical (unpaired) electrons. The smallest absolute Gasteiger partial charge is 0.244 e. The maximum atomic E-state index is 11.6. The largest absolute Gasteiger partial charge is 0.279 e. The van der Waals surface area contributed by atoms with Crippen molar-refractivity contribution < 1.29 is 4.79 Å². The molecule has 0 amide bonds. The minimum absolute atomic E-state index is 0.0421. The molecule has 0 aliphatic carbocycles. The summed E-state index contributed by atoms with van der Waals surface area (Å²) in [6.45, 7) is 2.05. The summed E-state index contributed by atoms with van der Waals surface area (Å²) in [5, 5.41) is 0.0421. The molecule has 0 bridgehead atoms. The van der Waals surface area contributed by atoms with E-state index >= 15 is 0 Å². The Hall–Kier alpha value is -0.0400. The summed E-state index contributed by atoms with van der Waals surface area (Å²) in [4.78, 5) is 17.0. The van der Waals surface area contributed by atoms with Crippen molar-refractivity contribution in [1.29, 1.82) is 0 Å². The molecule has 16 heavy (non-hydrogen) atoms. The predicted molar refractivity (Wildman–Crippen MR) is 78.2 cm³/mol. The maximum absolute atomic E-state index is 11.6. The fourth-order valence-corrected chi connectivity index (χ4v) is 4.21. The Bertz CT molecular complexity index is 478. The van der Waals surface area contributed by atoms with Crippen LogP contribution in [0, 0.1) is 0 Å². The average Bonchev–Trinajstić information content (AvgIpc) is 2.76. The van der Waals surface area contributed by atoms with Crippen molar-refractivity contribution in [3.8, 4) is 0 Å². The van der Waals surface area contributed by atoms with Gasteiger partial charge in [-0.25, -0.2) is 4.99 Å². The van der Waals surface area contributed by atoms with Crippen LogP contribution in [0.5, 0.6) is 0 Å². The third kappa shape index (κ3) is 3.00. The number of carbonyl (C=O) groups excluding carboxylic acids is 1. The van der Waals surface area contributed by atoms with Crippen LogP contribution in [0.3, 0.4) is 0 Å². The highest BCUT2D eigenvalue weighted by molar-refractivity contribution is 9.11. The summed E-state index contributed by atoms with van der Waals surface area (Å²) >= 11 is 7.82. The Morgan fingerprint density at radius 1 is 1.56 bits per heavy atom. The first-order valence-electron chi connectivity index (χ1n) is 4.59. The summed E-state index contributed by atoms with van der Waals surface area (Å²) < 4.78 is 1.92. The van der Waals surface area contributed by atoms with Crippen LogP contribution in [0.2, 0.25) is 0 Å². The van der Waals surface area contributed by atoms with Crippen LogP contribution >= 0.6 is 50.8 Å². The summed E-state index contributed by atoms with van der Waals surface area (Å²) in [5.41, 5.74) is 0.551. The second kappa shape index (κ2) is 5.53. The first-order chi connectivity index (χ1) is 7.69. The van der Waals surface area contributed by atoms with Crippen LogP contribution in [0.1, 0.15) is 11.8 Å². The molecule has 2 heterocycles. The predicted octanol–water partition coefficient (Wildman–Crippen LogP) is 4.23. The highest BCUT2D eigenvalue weighted by Gasteiger charge is 2.21. The lowest BCUT2D eigenvalue weighted by molar-refractivity contribution is -0.107. The minimum atomic E-state index is 0.0421. The van der Waals surface area contributed by atoms with Crippen LogP contribution < -0.4 is 0 Å². The van der Waals surface area contributed by atoms with E-state index in [1.165, 1.54) is 11.8 Å². The SMILES string of the molecule is CCSC1=NC(=Cc2ccc(Br)s2)C(=O)S1. The van der Waals surface area contributed by atoms with Crippen LogP contribution in [-0.4, -0.2) is 15.2 Å². The maximum Gasteiger partial charge on any atom is 0.244 e. The Morgan fingerprint density at radius 3 is 3.00 bits per heavy atom. The van der Waals surface area contributed by atoms with Gasteiger partial charge in [-0.15, -0.1) is 11.3 Å². The van der Waals surface area contributed by atoms with Gasteiger partial charge < -0.3 is 0 Å². The Morgan fingerprint density at radius 2 is 2.38 bits per heavy atom. The number of hydrogen-bond acceptors (Lipinski definition) is 5. The molecule has 2 rings (SSSR count). The van der Waals surface area contributed by atoms with Gasteiger partial charge in [-0.1, -0.05) is 18.7 Å². The molecule has 2 nitrogen and oxygen atoms in total. The normalized spacial score (nSPS) is 18.2. The number of thioether (sulfide) groups is 2. The van der Waals surface area contributed by atoms with Crippen molar-refractivity contribution in [1.82, 2.24) is 0 Å². The number of thiophene rings is 1. The molecule has 1 aromatic heterocycles. The van der Waals surface area contributed by atoms with Crippen LogP contribution in [0.25, 0.3) is 6.08 Å². The highest BCUT2D eigenvalue weighted by Crippen LogP contribution is 2.32. The van der Waals surface area contributed by atoms with E-state index in [1.54, 1.807) is 23.1 Å². The van der Waals surface area contributed by atoms with Crippen LogP contribution in [0.15, 0.2) is 26.6 Å². The zero-order valence-corrected chi connectivity index (χ0v) is 12.4. The first-order valence-corrected chi connectivity index (χ1v) is 8.01. The molecule has 1 aliphatic rings. The van der Waals surface area contributed by atoms with Crippen molar-refractivity contribution in [2.24, 2.45) is 4.99 Å². The van der Waals surface area contributed by atoms with Crippen molar-refractivity contribution in [3.63, 3.8) is 0 Å². The van der Waals surface area contributed by atoms with Crippen molar-refractivity contribution >= 4 is 66.4 Å². The van der Waals surface area contributed by atoms with Gasteiger partial charge in [-0.2, -0.15) is 0 Å². The number of carbonyl (C=O) groups is 1. The zero-order chi connectivity index (χ0) is 11.5. The van der Waals surface area contributed by atoms with E-state index < -0.39 is 0 Å². The van der Waals surface area contributed by atoms with Gasteiger partial charge in [0.05, 0.1) is 3.79 Å². The molecule has 0 fully saturated rings. The van der Waals surface area contributed by atoms with Crippen molar-refractivity contribution in [2.45, 2.75) is 6.92 Å². The van der Waals surface area contributed by atoms with E-state index in [0.29, 0.717) is 5.70 Å². The average molecular weight is 334 g/mol.